The Bertz CT molecular complexity index is 741. The minimum Gasteiger partial charge on any atom is -0.494 e. The van der Waals surface area contributed by atoms with E-state index < -0.39 is 0 Å². The minimum absolute atomic E-state index is 0.135. The van der Waals surface area contributed by atoms with Crippen LogP contribution in [0.25, 0.3) is 0 Å². The molecule has 5 nitrogen and oxygen atoms in total. The largest absolute Gasteiger partial charge is 0.494 e. The Balaban J connectivity index is 1.78. The van der Waals surface area contributed by atoms with E-state index in [2.05, 4.69) is 29.6 Å². The molecular formula is C20H24N2O3. The fourth-order valence-electron chi connectivity index (χ4n) is 4.70. The number of hydrogen-bond donors (Lipinski definition) is 1. The van der Waals surface area contributed by atoms with Crippen molar-refractivity contribution in [3.8, 4) is 5.75 Å². The number of nitro groups is 1. The second-order valence-electron chi connectivity index (χ2n) is 7.16. The van der Waals surface area contributed by atoms with E-state index in [0.29, 0.717) is 29.9 Å². The Morgan fingerprint density at radius 3 is 2.88 bits per heavy atom. The minimum atomic E-state index is -0.287. The van der Waals surface area contributed by atoms with Gasteiger partial charge in [0.05, 0.1) is 17.6 Å². The number of anilines is 1. The molecule has 0 fully saturated rings. The quantitative estimate of drug-likeness (QED) is 0.485. The number of nitrogens with one attached hydrogen (secondary N) is 1. The van der Waals surface area contributed by atoms with Crippen molar-refractivity contribution in [2.45, 2.75) is 44.6 Å². The van der Waals surface area contributed by atoms with E-state index in [-0.39, 0.29) is 22.6 Å². The lowest BCUT2D eigenvalue weighted by molar-refractivity contribution is -0.384. The summed E-state index contributed by atoms with van der Waals surface area (Å²) in [7, 11) is 0. The van der Waals surface area contributed by atoms with Crippen LogP contribution in [-0.2, 0) is 0 Å². The Morgan fingerprint density at radius 2 is 2.16 bits per heavy atom. The van der Waals surface area contributed by atoms with Crippen molar-refractivity contribution in [1.29, 1.82) is 0 Å². The van der Waals surface area contributed by atoms with Gasteiger partial charge in [0.1, 0.15) is 11.4 Å². The van der Waals surface area contributed by atoms with Crippen molar-refractivity contribution >= 4 is 11.4 Å². The van der Waals surface area contributed by atoms with Crippen molar-refractivity contribution in [3.63, 3.8) is 0 Å². The van der Waals surface area contributed by atoms with E-state index in [0.717, 1.165) is 31.2 Å². The zero-order valence-electron chi connectivity index (χ0n) is 14.5. The summed E-state index contributed by atoms with van der Waals surface area (Å²) in [6, 6.07) is 3.84. The van der Waals surface area contributed by atoms with Crippen LogP contribution in [0.5, 0.6) is 5.75 Å². The van der Waals surface area contributed by atoms with E-state index in [1.807, 2.05) is 13.0 Å². The van der Waals surface area contributed by atoms with Crippen molar-refractivity contribution in [2.75, 3.05) is 11.9 Å². The average Bonchev–Trinajstić information content (AvgIpc) is 3.11. The second-order valence-corrected chi connectivity index (χ2v) is 7.16. The molecule has 1 N–H and O–H groups in total. The molecule has 2 aliphatic carbocycles. The third-order valence-electron chi connectivity index (χ3n) is 5.79. The maximum atomic E-state index is 11.7. The molecule has 1 heterocycles. The van der Waals surface area contributed by atoms with Crippen LogP contribution < -0.4 is 10.1 Å². The lowest BCUT2D eigenvalue weighted by atomic mass is 9.72. The monoisotopic (exact) mass is 340 g/mol. The molecule has 1 aliphatic heterocycles. The van der Waals surface area contributed by atoms with E-state index >= 15 is 0 Å². The SMILES string of the molecule is CCOc1cc2c(c([N+](=O)[O-])c1)N[C@@H]([C@@H]1CC=CCC1)[C@@H]1CC=C[C@@H]21. The molecule has 0 radical (unpaired) electrons. The zero-order chi connectivity index (χ0) is 17.4. The molecule has 3 aliphatic rings. The summed E-state index contributed by atoms with van der Waals surface area (Å²) in [5.74, 6) is 1.84. The van der Waals surface area contributed by atoms with Crippen LogP contribution in [0.2, 0.25) is 0 Å². The van der Waals surface area contributed by atoms with Gasteiger partial charge in [-0.25, -0.2) is 0 Å². The molecule has 0 aromatic heterocycles. The van der Waals surface area contributed by atoms with Gasteiger partial charge in [0.25, 0.3) is 5.69 Å². The molecule has 132 valence electrons. The number of allylic oxidation sites excluding steroid dienone is 4. The summed E-state index contributed by atoms with van der Waals surface area (Å²) < 4.78 is 5.59. The fraction of sp³-hybridized carbons (Fsp3) is 0.500. The van der Waals surface area contributed by atoms with Crippen LogP contribution in [0.3, 0.4) is 0 Å². The highest BCUT2D eigenvalue weighted by Gasteiger charge is 2.43. The first kappa shape index (κ1) is 16.2. The van der Waals surface area contributed by atoms with Crippen molar-refractivity contribution in [2.24, 2.45) is 11.8 Å². The first-order valence-corrected chi connectivity index (χ1v) is 9.22. The van der Waals surface area contributed by atoms with Gasteiger partial charge in [0.2, 0.25) is 0 Å². The molecule has 0 bridgehead atoms. The maximum absolute atomic E-state index is 11.7. The molecule has 0 saturated carbocycles. The summed E-state index contributed by atoms with van der Waals surface area (Å²) in [6.07, 6.45) is 13.3. The Hall–Kier alpha value is -2.30. The lowest BCUT2D eigenvalue weighted by Crippen LogP contribution is -2.42. The third kappa shape index (κ3) is 2.81. The summed E-state index contributed by atoms with van der Waals surface area (Å²) >= 11 is 0. The molecule has 25 heavy (non-hydrogen) atoms. The van der Waals surface area contributed by atoms with Crippen molar-refractivity contribution in [3.05, 3.63) is 52.1 Å². The van der Waals surface area contributed by atoms with Crippen molar-refractivity contribution in [1.82, 2.24) is 0 Å². The first-order chi connectivity index (χ1) is 12.2. The molecule has 0 saturated heterocycles. The van der Waals surface area contributed by atoms with Crippen LogP contribution in [0, 0.1) is 22.0 Å². The normalized spacial score (nSPS) is 29.6. The number of rotatable bonds is 4. The Labute approximate surface area is 147 Å². The summed E-state index contributed by atoms with van der Waals surface area (Å²) in [5, 5.41) is 15.3. The number of hydrogen-bond acceptors (Lipinski definition) is 4. The van der Waals surface area contributed by atoms with E-state index in [9.17, 15) is 10.1 Å². The van der Waals surface area contributed by atoms with Gasteiger partial charge in [-0.15, -0.1) is 0 Å². The molecule has 1 aromatic carbocycles. The standard InChI is InChI=1S/C20H24N2O3/c1-2-25-14-11-17-15-9-6-10-16(15)19(13-7-4-3-5-8-13)21-20(17)18(12-14)22(23)24/h3-4,6,9,11-13,15-16,19,21H,2,5,7-8,10H2,1H3/t13-,15-,16-,19+/m1/s1. The topological polar surface area (TPSA) is 64.4 Å². The molecule has 0 spiro atoms. The first-order valence-electron chi connectivity index (χ1n) is 9.22. The fourth-order valence-corrected chi connectivity index (χ4v) is 4.70. The van der Waals surface area contributed by atoms with E-state index in [1.54, 1.807) is 6.07 Å². The Morgan fingerprint density at radius 1 is 1.28 bits per heavy atom. The number of nitro benzene ring substituents is 1. The Kier molecular flexibility index (Phi) is 4.24. The van der Waals surface area contributed by atoms with Crippen LogP contribution in [0.1, 0.15) is 44.1 Å². The lowest BCUT2D eigenvalue weighted by Gasteiger charge is -2.41. The molecule has 0 amide bonds. The molecular weight excluding hydrogens is 316 g/mol. The van der Waals surface area contributed by atoms with Gasteiger partial charge in [-0.1, -0.05) is 24.3 Å². The van der Waals surface area contributed by atoms with Gasteiger partial charge >= 0.3 is 0 Å². The van der Waals surface area contributed by atoms with Gasteiger partial charge in [0.15, 0.2) is 0 Å². The summed E-state index contributed by atoms with van der Waals surface area (Å²) in [4.78, 5) is 11.4. The van der Waals surface area contributed by atoms with Crippen LogP contribution in [0.15, 0.2) is 36.4 Å². The molecule has 5 heteroatoms. The highest BCUT2D eigenvalue weighted by molar-refractivity contribution is 5.72. The molecule has 1 aromatic rings. The van der Waals surface area contributed by atoms with Crippen LogP contribution >= 0.6 is 0 Å². The number of nitrogens with zero attached hydrogens (tertiary/aromatic N) is 1. The van der Waals surface area contributed by atoms with Gasteiger partial charge in [-0.05, 0) is 56.1 Å². The van der Waals surface area contributed by atoms with E-state index in [4.69, 9.17) is 4.74 Å². The highest BCUT2D eigenvalue weighted by Crippen LogP contribution is 2.51. The van der Waals surface area contributed by atoms with Crippen LogP contribution in [-0.4, -0.2) is 17.6 Å². The predicted molar refractivity (Wildman–Crippen MR) is 98.1 cm³/mol. The zero-order valence-corrected chi connectivity index (χ0v) is 14.5. The number of fused-ring (bicyclic) bond motifs is 3. The highest BCUT2D eigenvalue weighted by atomic mass is 16.6. The van der Waals surface area contributed by atoms with Crippen LogP contribution in [0.4, 0.5) is 11.4 Å². The van der Waals surface area contributed by atoms with Gasteiger partial charge in [-0.2, -0.15) is 0 Å². The summed E-state index contributed by atoms with van der Waals surface area (Å²) in [5.41, 5.74) is 1.84. The van der Waals surface area contributed by atoms with Gasteiger partial charge in [-0.3, -0.25) is 10.1 Å². The predicted octanol–water partition coefficient (Wildman–Crippen LogP) is 4.80. The number of benzene rings is 1. The maximum Gasteiger partial charge on any atom is 0.296 e. The second kappa shape index (κ2) is 6.54. The van der Waals surface area contributed by atoms with Gasteiger partial charge < -0.3 is 10.1 Å². The van der Waals surface area contributed by atoms with Crippen molar-refractivity contribution < 1.29 is 9.66 Å². The number of ether oxygens (including phenoxy) is 1. The third-order valence-corrected chi connectivity index (χ3v) is 5.79. The van der Waals surface area contributed by atoms with E-state index in [1.165, 1.54) is 0 Å². The van der Waals surface area contributed by atoms with Gasteiger partial charge in [0, 0.05) is 12.0 Å². The molecule has 4 rings (SSSR count). The molecule has 0 unspecified atom stereocenters. The average molecular weight is 340 g/mol. The molecule has 4 atom stereocenters. The summed E-state index contributed by atoms with van der Waals surface area (Å²) in [6.45, 7) is 2.40. The smallest absolute Gasteiger partial charge is 0.296 e.